The minimum absolute atomic E-state index is 0.322. The highest BCUT2D eigenvalue weighted by molar-refractivity contribution is 9.10. The summed E-state index contributed by atoms with van der Waals surface area (Å²) in [4.78, 5) is 12.8. The second kappa shape index (κ2) is 5.18. The molecule has 1 saturated heterocycles. The smallest absolute Gasteiger partial charge is 0.222 e. The first-order valence-electron chi connectivity index (χ1n) is 5.77. The number of hydrogen-bond donors (Lipinski definition) is 1. The Morgan fingerprint density at radius 2 is 2.12 bits per heavy atom. The van der Waals surface area contributed by atoms with Crippen LogP contribution in [0.4, 0.5) is 11.8 Å². The molecule has 0 bridgehead atoms. The van der Waals surface area contributed by atoms with Gasteiger partial charge in [0.15, 0.2) is 0 Å². The Morgan fingerprint density at radius 3 is 2.76 bits per heavy atom. The molecule has 1 fully saturated rings. The lowest BCUT2D eigenvalue weighted by atomic mass is 10.0. The van der Waals surface area contributed by atoms with E-state index < -0.39 is 0 Å². The highest BCUT2D eigenvalue weighted by Gasteiger charge is 2.23. The lowest BCUT2D eigenvalue weighted by Gasteiger charge is -2.36. The van der Waals surface area contributed by atoms with Crippen LogP contribution in [0.25, 0.3) is 0 Å². The molecule has 2 rings (SSSR count). The molecule has 5 nitrogen and oxygen atoms in total. The van der Waals surface area contributed by atoms with Gasteiger partial charge in [0.2, 0.25) is 5.95 Å². The normalized spacial score (nSPS) is 18.3. The summed E-state index contributed by atoms with van der Waals surface area (Å²) in [7, 11) is 4.23. The molecule has 0 amide bonds. The lowest BCUT2D eigenvalue weighted by Crippen LogP contribution is -2.42. The fourth-order valence-electron chi connectivity index (χ4n) is 2.17. The first-order chi connectivity index (χ1) is 8.08. The maximum absolute atomic E-state index is 5.64. The average Bonchev–Trinajstić information content (AvgIpc) is 2.32. The maximum Gasteiger partial charge on any atom is 0.222 e. The number of likely N-dealkylation sites (tertiary alicyclic amines) is 1. The Balaban J connectivity index is 2.13. The van der Waals surface area contributed by atoms with Crippen molar-refractivity contribution in [2.45, 2.75) is 18.9 Å². The van der Waals surface area contributed by atoms with Crippen LogP contribution in [0.2, 0.25) is 0 Å². The number of aromatic nitrogens is 2. The summed E-state index contributed by atoms with van der Waals surface area (Å²) in [6.45, 7) is 2.26. The zero-order valence-electron chi connectivity index (χ0n) is 10.2. The van der Waals surface area contributed by atoms with Gasteiger partial charge in [-0.1, -0.05) is 0 Å². The molecule has 94 valence electrons. The van der Waals surface area contributed by atoms with E-state index in [0.717, 1.165) is 36.2 Å². The van der Waals surface area contributed by atoms with Crippen LogP contribution in [-0.4, -0.2) is 48.1 Å². The third-order valence-corrected chi connectivity index (χ3v) is 3.87. The molecule has 0 radical (unpaired) electrons. The van der Waals surface area contributed by atoms with E-state index in [1.165, 1.54) is 0 Å². The largest absolute Gasteiger partial charge is 0.368 e. The molecule has 17 heavy (non-hydrogen) atoms. The van der Waals surface area contributed by atoms with Crippen LogP contribution in [0, 0.1) is 0 Å². The standard InChI is InChI=1S/C11H18BrN5/c1-16-5-3-8(4-6-16)17(2)10-9(12)7-14-11(13)15-10/h7-8H,3-6H2,1-2H3,(H2,13,14,15). The highest BCUT2D eigenvalue weighted by atomic mass is 79.9. The zero-order valence-corrected chi connectivity index (χ0v) is 11.8. The van der Waals surface area contributed by atoms with Crippen LogP contribution >= 0.6 is 15.9 Å². The second-order valence-electron chi connectivity index (χ2n) is 4.55. The number of nitrogen functional groups attached to an aromatic ring is 1. The number of hydrogen-bond acceptors (Lipinski definition) is 5. The first-order valence-corrected chi connectivity index (χ1v) is 6.56. The molecule has 1 aromatic rings. The van der Waals surface area contributed by atoms with Gasteiger partial charge in [-0.2, -0.15) is 4.98 Å². The van der Waals surface area contributed by atoms with Crippen LogP contribution in [0.1, 0.15) is 12.8 Å². The quantitative estimate of drug-likeness (QED) is 0.893. The summed E-state index contributed by atoms with van der Waals surface area (Å²) < 4.78 is 0.896. The number of nitrogens with two attached hydrogens (primary N) is 1. The molecule has 0 aliphatic carbocycles. The van der Waals surface area contributed by atoms with E-state index in [2.05, 4.69) is 49.8 Å². The van der Waals surface area contributed by atoms with E-state index in [1.54, 1.807) is 6.20 Å². The molecule has 0 aromatic carbocycles. The van der Waals surface area contributed by atoms with Crippen LogP contribution in [0.5, 0.6) is 0 Å². The average molecular weight is 300 g/mol. The van der Waals surface area contributed by atoms with Crippen LogP contribution in [0.15, 0.2) is 10.7 Å². The molecule has 0 saturated carbocycles. The highest BCUT2D eigenvalue weighted by Crippen LogP contribution is 2.27. The fourth-order valence-corrected chi connectivity index (χ4v) is 2.64. The second-order valence-corrected chi connectivity index (χ2v) is 5.40. The van der Waals surface area contributed by atoms with Crippen LogP contribution in [0.3, 0.4) is 0 Å². The van der Waals surface area contributed by atoms with Crippen molar-refractivity contribution in [3.63, 3.8) is 0 Å². The van der Waals surface area contributed by atoms with E-state index in [-0.39, 0.29) is 0 Å². The summed E-state index contributed by atoms with van der Waals surface area (Å²) >= 11 is 3.48. The van der Waals surface area contributed by atoms with Gasteiger partial charge in [0.05, 0.1) is 4.47 Å². The third-order valence-electron chi connectivity index (χ3n) is 3.31. The lowest BCUT2D eigenvalue weighted by molar-refractivity contribution is 0.252. The third kappa shape index (κ3) is 2.87. The van der Waals surface area contributed by atoms with Crippen molar-refractivity contribution in [1.29, 1.82) is 0 Å². The number of halogens is 1. The van der Waals surface area contributed by atoms with Crippen molar-refractivity contribution >= 4 is 27.7 Å². The van der Waals surface area contributed by atoms with Crippen LogP contribution < -0.4 is 10.6 Å². The monoisotopic (exact) mass is 299 g/mol. The van der Waals surface area contributed by atoms with Gasteiger partial charge in [0.1, 0.15) is 5.82 Å². The Morgan fingerprint density at radius 1 is 1.47 bits per heavy atom. The van der Waals surface area contributed by atoms with Gasteiger partial charge in [-0.3, -0.25) is 0 Å². The maximum atomic E-state index is 5.64. The summed E-state index contributed by atoms with van der Waals surface area (Å²) in [5.74, 6) is 1.20. The van der Waals surface area contributed by atoms with Crippen molar-refractivity contribution in [2.75, 3.05) is 37.8 Å². The van der Waals surface area contributed by atoms with Crippen molar-refractivity contribution in [3.8, 4) is 0 Å². The molecule has 0 unspecified atom stereocenters. The minimum Gasteiger partial charge on any atom is -0.368 e. The molecule has 2 heterocycles. The Kier molecular flexibility index (Phi) is 3.83. The molecular formula is C11H18BrN5. The molecule has 0 spiro atoms. The Bertz CT molecular complexity index is 389. The molecule has 1 aromatic heterocycles. The van der Waals surface area contributed by atoms with Crippen LogP contribution in [-0.2, 0) is 0 Å². The molecule has 6 heteroatoms. The Hall–Kier alpha value is -0.880. The van der Waals surface area contributed by atoms with Crippen molar-refractivity contribution in [1.82, 2.24) is 14.9 Å². The summed E-state index contributed by atoms with van der Waals surface area (Å²) in [5.41, 5.74) is 5.64. The van der Waals surface area contributed by atoms with E-state index >= 15 is 0 Å². The van der Waals surface area contributed by atoms with Gasteiger partial charge in [0.25, 0.3) is 0 Å². The number of nitrogens with zero attached hydrogens (tertiary/aromatic N) is 4. The van der Waals surface area contributed by atoms with Crippen molar-refractivity contribution in [3.05, 3.63) is 10.7 Å². The first kappa shape index (κ1) is 12.6. The van der Waals surface area contributed by atoms with E-state index in [1.807, 2.05) is 0 Å². The predicted octanol–water partition coefficient (Wildman–Crippen LogP) is 1.35. The number of piperidine rings is 1. The van der Waals surface area contributed by atoms with E-state index in [4.69, 9.17) is 5.73 Å². The van der Waals surface area contributed by atoms with Gasteiger partial charge < -0.3 is 15.5 Å². The number of rotatable bonds is 2. The van der Waals surface area contributed by atoms with Crippen molar-refractivity contribution in [2.24, 2.45) is 0 Å². The molecular weight excluding hydrogens is 282 g/mol. The van der Waals surface area contributed by atoms with Crippen molar-refractivity contribution < 1.29 is 0 Å². The fraction of sp³-hybridized carbons (Fsp3) is 0.636. The minimum atomic E-state index is 0.322. The van der Waals surface area contributed by atoms with Gasteiger partial charge in [-0.05, 0) is 48.9 Å². The zero-order chi connectivity index (χ0) is 12.4. The molecule has 1 aliphatic rings. The Labute approximate surface area is 110 Å². The van der Waals surface area contributed by atoms with E-state index in [0.29, 0.717) is 12.0 Å². The van der Waals surface area contributed by atoms with E-state index in [9.17, 15) is 0 Å². The molecule has 1 aliphatic heterocycles. The van der Waals surface area contributed by atoms with Gasteiger partial charge >= 0.3 is 0 Å². The summed E-state index contributed by atoms with van der Waals surface area (Å²) in [6, 6.07) is 0.525. The predicted molar refractivity (Wildman–Crippen MR) is 73.1 cm³/mol. The summed E-state index contributed by atoms with van der Waals surface area (Å²) in [6.07, 6.45) is 4.02. The van der Waals surface area contributed by atoms with Gasteiger partial charge in [-0.25, -0.2) is 4.98 Å². The molecule has 2 N–H and O–H groups in total. The van der Waals surface area contributed by atoms with Gasteiger partial charge in [-0.15, -0.1) is 0 Å². The summed E-state index contributed by atoms with van der Waals surface area (Å²) in [5, 5.41) is 0. The molecule has 0 atom stereocenters. The SMILES string of the molecule is CN1CCC(N(C)c2nc(N)ncc2Br)CC1. The topological polar surface area (TPSA) is 58.3 Å². The number of anilines is 2. The van der Waals surface area contributed by atoms with Gasteiger partial charge in [0, 0.05) is 19.3 Å².